The zero-order chi connectivity index (χ0) is 12.1. The molecule has 2 aromatic rings. The van der Waals surface area contributed by atoms with Crippen molar-refractivity contribution in [2.75, 3.05) is 7.11 Å². The SMILES string of the molecule is COc1ccc(OCc2csc(CN)n2)cc1. The largest absolute Gasteiger partial charge is 0.497 e. The Hall–Kier alpha value is -1.59. The Balaban J connectivity index is 1.92. The number of benzene rings is 1. The quantitative estimate of drug-likeness (QED) is 0.883. The van der Waals surface area contributed by atoms with Crippen LogP contribution in [0.2, 0.25) is 0 Å². The van der Waals surface area contributed by atoms with E-state index in [0.29, 0.717) is 13.2 Å². The van der Waals surface area contributed by atoms with Gasteiger partial charge in [-0.05, 0) is 24.3 Å². The molecule has 0 atom stereocenters. The highest BCUT2D eigenvalue weighted by molar-refractivity contribution is 7.09. The van der Waals surface area contributed by atoms with Gasteiger partial charge < -0.3 is 15.2 Å². The van der Waals surface area contributed by atoms with E-state index in [1.165, 1.54) is 0 Å². The lowest BCUT2D eigenvalue weighted by molar-refractivity contribution is 0.301. The molecule has 0 unspecified atom stereocenters. The first kappa shape index (κ1) is 11.9. The van der Waals surface area contributed by atoms with Gasteiger partial charge in [-0.25, -0.2) is 4.98 Å². The van der Waals surface area contributed by atoms with Crippen molar-refractivity contribution in [2.24, 2.45) is 5.73 Å². The first-order valence-electron chi connectivity index (χ1n) is 5.22. The van der Waals surface area contributed by atoms with Crippen molar-refractivity contribution < 1.29 is 9.47 Å². The lowest BCUT2D eigenvalue weighted by Crippen LogP contribution is -1.98. The van der Waals surface area contributed by atoms with Crippen LogP contribution in [0.25, 0.3) is 0 Å². The van der Waals surface area contributed by atoms with Gasteiger partial charge >= 0.3 is 0 Å². The summed E-state index contributed by atoms with van der Waals surface area (Å²) in [5.74, 6) is 1.62. The smallest absolute Gasteiger partial charge is 0.131 e. The lowest BCUT2D eigenvalue weighted by atomic mass is 10.3. The van der Waals surface area contributed by atoms with Crippen LogP contribution >= 0.6 is 11.3 Å². The first-order valence-corrected chi connectivity index (χ1v) is 6.10. The molecule has 5 heteroatoms. The van der Waals surface area contributed by atoms with E-state index in [9.17, 15) is 0 Å². The van der Waals surface area contributed by atoms with Crippen LogP contribution in [0.4, 0.5) is 0 Å². The number of ether oxygens (including phenoxy) is 2. The van der Waals surface area contributed by atoms with Crippen molar-refractivity contribution in [2.45, 2.75) is 13.2 Å². The first-order chi connectivity index (χ1) is 8.31. The molecule has 0 radical (unpaired) electrons. The molecule has 0 amide bonds. The molecule has 1 aromatic heterocycles. The van der Waals surface area contributed by atoms with Gasteiger partial charge in [0.05, 0.1) is 12.8 Å². The molecule has 1 aromatic carbocycles. The summed E-state index contributed by atoms with van der Waals surface area (Å²) >= 11 is 1.55. The normalized spacial score (nSPS) is 10.2. The molecule has 0 saturated carbocycles. The van der Waals surface area contributed by atoms with Crippen LogP contribution in [-0.4, -0.2) is 12.1 Å². The molecule has 0 fully saturated rings. The van der Waals surface area contributed by atoms with Gasteiger partial charge in [-0.15, -0.1) is 11.3 Å². The molecular formula is C12H14N2O2S. The number of nitrogens with zero attached hydrogens (tertiary/aromatic N) is 1. The summed E-state index contributed by atoms with van der Waals surface area (Å²) in [5.41, 5.74) is 6.40. The van der Waals surface area contributed by atoms with E-state index in [2.05, 4.69) is 4.98 Å². The van der Waals surface area contributed by atoms with Crippen molar-refractivity contribution in [1.82, 2.24) is 4.98 Å². The Kier molecular flexibility index (Phi) is 3.95. The van der Waals surface area contributed by atoms with Gasteiger partial charge in [-0.3, -0.25) is 0 Å². The van der Waals surface area contributed by atoms with Crippen LogP contribution in [-0.2, 0) is 13.2 Å². The molecule has 4 nitrogen and oxygen atoms in total. The highest BCUT2D eigenvalue weighted by Gasteiger charge is 2.01. The molecule has 0 aliphatic heterocycles. The second-order valence-electron chi connectivity index (χ2n) is 3.40. The fourth-order valence-electron chi connectivity index (χ4n) is 1.34. The topological polar surface area (TPSA) is 57.4 Å². The second kappa shape index (κ2) is 5.65. The Morgan fingerprint density at radius 1 is 1.24 bits per heavy atom. The third kappa shape index (κ3) is 3.18. The Labute approximate surface area is 104 Å². The van der Waals surface area contributed by atoms with Crippen LogP contribution in [0.5, 0.6) is 11.5 Å². The van der Waals surface area contributed by atoms with E-state index in [4.69, 9.17) is 15.2 Å². The van der Waals surface area contributed by atoms with Gasteiger partial charge in [-0.2, -0.15) is 0 Å². The van der Waals surface area contributed by atoms with Gasteiger partial charge in [-0.1, -0.05) is 0 Å². The van der Waals surface area contributed by atoms with E-state index in [-0.39, 0.29) is 0 Å². The van der Waals surface area contributed by atoms with Crippen molar-refractivity contribution in [1.29, 1.82) is 0 Å². The Morgan fingerprint density at radius 2 is 1.94 bits per heavy atom. The molecule has 2 rings (SSSR count). The maximum absolute atomic E-state index is 5.60. The number of aromatic nitrogens is 1. The number of hydrogen-bond acceptors (Lipinski definition) is 5. The van der Waals surface area contributed by atoms with Crippen LogP contribution in [0.3, 0.4) is 0 Å². The van der Waals surface area contributed by atoms with E-state index in [1.807, 2.05) is 29.6 Å². The maximum Gasteiger partial charge on any atom is 0.131 e. The highest BCUT2D eigenvalue weighted by atomic mass is 32.1. The van der Waals surface area contributed by atoms with E-state index in [0.717, 1.165) is 22.2 Å². The van der Waals surface area contributed by atoms with Gasteiger partial charge in [0.15, 0.2) is 0 Å². The summed E-state index contributed by atoms with van der Waals surface area (Å²) < 4.78 is 10.7. The number of methoxy groups -OCH3 is 1. The van der Waals surface area contributed by atoms with Crippen LogP contribution in [0.1, 0.15) is 10.7 Å². The van der Waals surface area contributed by atoms with Gasteiger partial charge in [0.2, 0.25) is 0 Å². The molecule has 17 heavy (non-hydrogen) atoms. The predicted molar refractivity (Wildman–Crippen MR) is 67.3 cm³/mol. The van der Waals surface area contributed by atoms with Crippen LogP contribution in [0.15, 0.2) is 29.6 Å². The highest BCUT2D eigenvalue weighted by Crippen LogP contribution is 2.18. The molecule has 2 N–H and O–H groups in total. The zero-order valence-electron chi connectivity index (χ0n) is 9.55. The molecule has 1 heterocycles. The standard InChI is InChI=1S/C12H14N2O2S/c1-15-10-2-4-11(5-3-10)16-7-9-8-17-12(6-13)14-9/h2-5,8H,6-7,13H2,1H3. The second-order valence-corrected chi connectivity index (χ2v) is 4.34. The van der Waals surface area contributed by atoms with E-state index >= 15 is 0 Å². The van der Waals surface area contributed by atoms with Gasteiger partial charge in [0.25, 0.3) is 0 Å². The van der Waals surface area contributed by atoms with Crippen molar-refractivity contribution in [3.8, 4) is 11.5 Å². The van der Waals surface area contributed by atoms with Crippen molar-refractivity contribution in [3.63, 3.8) is 0 Å². The minimum Gasteiger partial charge on any atom is -0.497 e. The fraction of sp³-hybridized carbons (Fsp3) is 0.250. The lowest BCUT2D eigenvalue weighted by Gasteiger charge is -2.05. The van der Waals surface area contributed by atoms with E-state index in [1.54, 1.807) is 18.4 Å². The van der Waals surface area contributed by atoms with E-state index < -0.39 is 0 Å². The number of nitrogens with two attached hydrogens (primary N) is 1. The molecule has 0 saturated heterocycles. The van der Waals surface area contributed by atoms with Crippen molar-refractivity contribution >= 4 is 11.3 Å². The molecule has 0 aliphatic carbocycles. The summed E-state index contributed by atoms with van der Waals surface area (Å²) in [6.07, 6.45) is 0. The molecule has 0 spiro atoms. The number of rotatable bonds is 5. The molecule has 0 aliphatic rings. The summed E-state index contributed by atoms with van der Waals surface area (Å²) in [5, 5.41) is 2.89. The van der Waals surface area contributed by atoms with Gasteiger partial charge in [0, 0.05) is 11.9 Å². The fourth-order valence-corrected chi connectivity index (χ4v) is 2.00. The third-order valence-corrected chi connectivity index (χ3v) is 3.14. The van der Waals surface area contributed by atoms with Crippen molar-refractivity contribution in [3.05, 3.63) is 40.3 Å². The average Bonchev–Trinajstić information content (AvgIpc) is 2.85. The molecule has 90 valence electrons. The predicted octanol–water partition coefficient (Wildman–Crippen LogP) is 2.19. The average molecular weight is 250 g/mol. The zero-order valence-corrected chi connectivity index (χ0v) is 10.4. The Morgan fingerprint density at radius 3 is 2.53 bits per heavy atom. The monoisotopic (exact) mass is 250 g/mol. The summed E-state index contributed by atoms with van der Waals surface area (Å²) in [6, 6.07) is 7.47. The molecular weight excluding hydrogens is 236 g/mol. The summed E-state index contributed by atoms with van der Waals surface area (Å²) in [6.45, 7) is 0.941. The van der Waals surface area contributed by atoms with Crippen LogP contribution in [0, 0.1) is 0 Å². The number of hydrogen-bond donors (Lipinski definition) is 1. The minimum atomic E-state index is 0.461. The molecule has 0 bridgehead atoms. The summed E-state index contributed by atoms with van der Waals surface area (Å²) in [7, 11) is 1.64. The third-order valence-electron chi connectivity index (χ3n) is 2.22. The minimum absolute atomic E-state index is 0.461. The Bertz CT molecular complexity index is 468. The van der Waals surface area contributed by atoms with Crippen LogP contribution < -0.4 is 15.2 Å². The van der Waals surface area contributed by atoms with Gasteiger partial charge in [0.1, 0.15) is 23.1 Å². The number of thiazole rings is 1. The summed E-state index contributed by atoms with van der Waals surface area (Å²) in [4.78, 5) is 4.32. The maximum atomic E-state index is 5.60.